The lowest BCUT2D eigenvalue weighted by atomic mass is 10.0. The Hall–Kier alpha value is -1.92. The molecule has 0 amide bonds. The normalized spacial score (nSPS) is 25.1. The van der Waals surface area contributed by atoms with Crippen molar-refractivity contribution in [1.82, 2.24) is 9.29 Å². The third-order valence-electron chi connectivity index (χ3n) is 6.39. The van der Waals surface area contributed by atoms with E-state index in [9.17, 15) is 8.42 Å². The highest BCUT2D eigenvalue weighted by atomic mass is 32.2. The van der Waals surface area contributed by atoms with Crippen LogP contribution in [-0.4, -0.2) is 35.9 Å². The molecule has 6 heteroatoms. The van der Waals surface area contributed by atoms with Gasteiger partial charge in [-0.05, 0) is 74.9 Å². The average molecular weight is 401 g/mol. The van der Waals surface area contributed by atoms with Crippen LogP contribution in [0.1, 0.15) is 47.9 Å². The van der Waals surface area contributed by atoms with Crippen LogP contribution in [0.15, 0.2) is 35.5 Å². The summed E-state index contributed by atoms with van der Waals surface area (Å²) >= 11 is 0. The molecule has 0 spiro atoms. The van der Waals surface area contributed by atoms with Crippen molar-refractivity contribution in [3.63, 3.8) is 0 Å². The van der Waals surface area contributed by atoms with Crippen LogP contribution in [-0.2, 0) is 10.0 Å². The fourth-order valence-electron chi connectivity index (χ4n) is 4.86. The number of nitrogens with zero attached hydrogens (tertiary/aromatic N) is 2. The van der Waals surface area contributed by atoms with Crippen molar-refractivity contribution in [3.8, 4) is 5.75 Å². The van der Waals surface area contributed by atoms with Gasteiger partial charge in [0.15, 0.2) is 0 Å². The van der Waals surface area contributed by atoms with Crippen molar-refractivity contribution in [1.29, 1.82) is 0 Å². The maximum absolute atomic E-state index is 13.7. The smallest absolute Gasteiger partial charge is 0.244 e. The molecule has 0 unspecified atom stereocenters. The van der Waals surface area contributed by atoms with Gasteiger partial charge < -0.3 is 4.74 Å². The minimum absolute atomic E-state index is 0.00467. The van der Waals surface area contributed by atoms with E-state index in [-0.39, 0.29) is 18.2 Å². The minimum Gasteiger partial charge on any atom is -0.489 e. The molecule has 2 aliphatic rings. The first-order chi connectivity index (χ1) is 13.3. The zero-order chi connectivity index (χ0) is 20.1. The molecule has 2 fully saturated rings. The predicted molar refractivity (Wildman–Crippen MR) is 109 cm³/mol. The summed E-state index contributed by atoms with van der Waals surface area (Å²) in [6.07, 6.45) is 6.74. The second kappa shape index (κ2) is 7.16. The van der Waals surface area contributed by atoms with Gasteiger partial charge in [0.1, 0.15) is 11.9 Å². The SMILES string of the molecule is Cc1cc(C)c(C)c(S(=O)(=O)N2[C@H]3CC[C@H]2CC(Oc2cccnc2)C3)c1C. The standard InChI is InChI=1S/C22H28N2O3S/c1-14-10-15(2)17(4)22(16(14)3)28(25,26)24-18-7-8-19(24)12-21(11-18)27-20-6-5-9-23-13-20/h5-6,9-10,13,18-19,21H,7-8,11-12H2,1-4H3/t18-,19-/m0/s1. The molecule has 28 heavy (non-hydrogen) atoms. The van der Waals surface area contributed by atoms with Gasteiger partial charge in [0.2, 0.25) is 10.0 Å². The van der Waals surface area contributed by atoms with Gasteiger partial charge in [-0.15, -0.1) is 0 Å². The van der Waals surface area contributed by atoms with Crippen molar-refractivity contribution in [2.75, 3.05) is 0 Å². The quantitative estimate of drug-likeness (QED) is 0.776. The molecule has 5 nitrogen and oxygen atoms in total. The van der Waals surface area contributed by atoms with Crippen LogP contribution in [0.5, 0.6) is 5.75 Å². The molecule has 0 N–H and O–H groups in total. The first-order valence-corrected chi connectivity index (χ1v) is 11.4. The molecular weight excluding hydrogens is 372 g/mol. The summed E-state index contributed by atoms with van der Waals surface area (Å²) in [5.41, 5.74) is 3.81. The lowest BCUT2D eigenvalue weighted by Gasteiger charge is -2.38. The number of piperidine rings is 1. The molecule has 2 aliphatic heterocycles. The van der Waals surface area contributed by atoms with Gasteiger partial charge in [0, 0.05) is 31.1 Å². The predicted octanol–water partition coefficient (Wildman–Crippen LogP) is 4.08. The number of aryl methyl sites for hydroxylation is 2. The Kier molecular flexibility index (Phi) is 4.96. The van der Waals surface area contributed by atoms with Crippen LogP contribution in [0, 0.1) is 27.7 Å². The van der Waals surface area contributed by atoms with E-state index in [1.54, 1.807) is 16.7 Å². The van der Waals surface area contributed by atoms with Gasteiger partial charge in [-0.1, -0.05) is 6.07 Å². The number of rotatable bonds is 4. The van der Waals surface area contributed by atoms with Gasteiger partial charge in [0.25, 0.3) is 0 Å². The number of benzene rings is 1. The van der Waals surface area contributed by atoms with Crippen molar-refractivity contribution < 1.29 is 13.2 Å². The van der Waals surface area contributed by atoms with Crippen LogP contribution < -0.4 is 4.74 Å². The first kappa shape index (κ1) is 19.4. The Labute approximate surface area is 167 Å². The van der Waals surface area contributed by atoms with E-state index >= 15 is 0 Å². The molecule has 2 aromatic rings. The highest BCUT2D eigenvalue weighted by Gasteiger charge is 2.48. The topological polar surface area (TPSA) is 59.5 Å². The van der Waals surface area contributed by atoms with Crippen LogP contribution >= 0.6 is 0 Å². The fraction of sp³-hybridized carbons (Fsp3) is 0.500. The monoisotopic (exact) mass is 400 g/mol. The Bertz CT molecular complexity index is 948. The van der Waals surface area contributed by atoms with E-state index in [1.165, 1.54) is 0 Å². The second-order valence-electron chi connectivity index (χ2n) is 8.21. The van der Waals surface area contributed by atoms with E-state index in [0.717, 1.165) is 53.7 Å². The molecule has 3 heterocycles. The van der Waals surface area contributed by atoms with Crippen molar-refractivity contribution in [2.24, 2.45) is 0 Å². The molecule has 2 bridgehead atoms. The molecule has 0 aliphatic carbocycles. The van der Waals surface area contributed by atoms with Gasteiger partial charge in [0.05, 0.1) is 11.1 Å². The largest absolute Gasteiger partial charge is 0.489 e. The van der Waals surface area contributed by atoms with Crippen molar-refractivity contribution in [2.45, 2.75) is 76.5 Å². The highest BCUT2D eigenvalue weighted by Crippen LogP contribution is 2.42. The Morgan fingerprint density at radius 2 is 1.64 bits per heavy atom. The fourth-order valence-corrected chi connectivity index (χ4v) is 7.33. The number of ether oxygens (including phenoxy) is 1. The third-order valence-corrected chi connectivity index (χ3v) is 8.67. The Balaban J connectivity index is 1.63. The van der Waals surface area contributed by atoms with Gasteiger partial charge in [-0.3, -0.25) is 4.98 Å². The lowest BCUT2D eigenvalue weighted by molar-refractivity contribution is 0.0953. The summed E-state index contributed by atoms with van der Waals surface area (Å²) in [7, 11) is -3.54. The van der Waals surface area contributed by atoms with Gasteiger partial charge in [-0.25, -0.2) is 8.42 Å². The average Bonchev–Trinajstić information content (AvgIpc) is 2.93. The molecule has 1 aromatic heterocycles. The summed E-state index contributed by atoms with van der Waals surface area (Å²) in [6, 6.07) is 5.84. The van der Waals surface area contributed by atoms with Crippen LogP contribution in [0.2, 0.25) is 0 Å². The summed E-state index contributed by atoms with van der Waals surface area (Å²) in [6.45, 7) is 7.83. The van der Waals surface area contributed by atoms with E-state index < -0.39 is 10.0 Å². The number of pyridine rings is 1. The molecule has 4 rings (SSSR count). The molecule has 0 radical (unpaired) electrons. The Morgan fingerprint density at radius 3 is 2.18 bits per heavy atom. The zero-order valence-electron chi connectivity index (χ0n) is 17.0. The molecule has 150 valence electrons. The number of hydrogen-bond donors (Lipinski definition) is 0. The highest BCUT2D eigenvalue weighted by molar-refractivity contribution is 7.89. The van der Waals surface area contributed by atoms with E-state index in [1.807, 2.05) is 39.8 Å². The lowest BCUT2D eigenvalue weighted by Crippen LogP contribution is -2.49. The maximum Gasteiger partial charge on any atom is 0.244 e. The van der Waals surface area contributed by atoms with E-state index in [4.69, 9.17) is 4.74 Å². The molecule has 2 saturated heterocycles. The van der Waals surface area contributed by atoms with Crippen molar-refractivity contribution in [3.05, 3.63) is 52.8 Å². The summed E-state index contributed by atoms with van der Waals surface area (Å²) in [4.78, 5) is 4.61. The number of aromatic nitrogens is 1. The van der Waals surface area contributed by atoms with E-state index in [2.05, 4.69) is 11.1 Å². The Morgan fingerprint density at radius 1 is 1.04 bits per heavy atom. The van der Waals surface area contributed by atoms with Crippen LogP contribution in [0.4, 0.5) is 0 Å². The van der Waals surface area contributed by atoms with Crippen LogP contribution in [0.3, 0.4) is 0 Å². The molecule has 0 saturated carbocycles. The number of sulfonamides is 1. The first-order valence-electron chi connectivity index (χ1n) is 9.96. The minimum atomic E-state index is -3.54. The number of fused-ring (bicyclic) bond motifs is 2. The van der Waals surface area contributed by atoms with Gasteiger partial charge in [-0.2, -0.15) is 4.31 Å². The summed E-state index contributed by atoms with van der Waals surface area (Å²) in [5.74, 6) is 0.754. The van der Waals surface area contributed by atoms with E-state index in [0.29, 0.717) is 4.90 Å². The molecule has 2 atom stereocenters. The summed E-state index contributed by atoms with van der Waals surface area (Å²) < 4.78 is 35.4. The third kappa shape index (κ3) is 3.22. The molecular formula is C22H28N2O3S. The van der Waals surface area contributed by atoms with Crippen molar-refractivity contribution >= 4 is 10.0 Å². The van der Waals surface area contributed by atoms with Crippen LogP contribution in [0.25, 0.3) is 0 Å². The maximum atomic E-state index is 13.7. The zero-order valence-corrected chi connectivity index (χ0v) is 17.8. The second-order valence-corrected chi connectivity index (χ2v) is 9.99. The molecule has 1 aromatic carbocycles. The van der Waals surface area contributed by atoms with Gasteiger partial charge >= 0.3 is 0 Å². The number of hydrogen-bond acceptors (Lipinski definition) is 4. The summed E-state index contributed by atoms with van der Waals surface area (Å²) in [5, 5.41) is 0.